The summed E-state index contributed by atoms with van der Waals surface area (Å²) >= 11 is 3.47. The van der Waals surface area contributed by atoms with Crippen LogP contribution in [0, 0.1) is 0 Å². The Bertz CT molecular complexity index is 1040. The first-order valence-electron chi connectivity index (χ1n) is 11.1. The third kappa shape index (κ3) is 7.86. The Hall–Kier alpha value is -2.92. The normalized spacial score (nSPS) is 12.1. The fraction of sp³-hybridized carbons (Fsp3) is 0.286. The van der Waals surface area contributed by atoms with Crippen molar-refractivity contribution in [3.05, 3.63) is 106 Å². The Labute approximate surface area is 205 Å². The van der Waals surface area contributed by atoms with Crippen molar-refractivity contribution in [2.24, 2.45) is 0 Å². The lowest BCUT2D eigenvalue weighted by atomic mass is 10.00. The van der Waals surface area contributed by atoms with E-state index in [1.807, 2.05) is 106 Å². The highest BCUT2D eigenvalue weighted by Crippen LogP contribution is 2.19. The summed E-state index contributed by atoms with van der Waals surface area (Å²) in [5.74, 6) is -0.223. The van der Waals surface area contributed by atoms with Gasteiger partial charge in [0.05, 0.1) is 6.42 Å². The van der Waals surface area contributed by atoms with Crippen molar-refractivity contribution in [1.29, 1.82) is 0 Å². The van der Waals surface area contributed by atoms with E-state index in [0.29, 0.717) is 13.0 Å². The summed E-state index contributed by atoms with van der Waals surface area (Å²) < 4.78 is 0.972. The molecule has 0 spiro atoms. The second-order valence-corrected chi connectivity index (χ2v) is 10.2. The molecule has 2 amide bonds. The van der Waals surface area contributed by atoms with Crippen LogP contribution in [0.5, 0.6) is 0 Å². The van der Waals surface area contributed by atoms with E-state index in [-0.39, 0.29) is 18.2 Å². The lowest BCUT2D eigenvalue weighted by Gasteiger charge is -2.34. The van der Waals surface area contributed by atoms with Crippen molar-refractivity contribution in [2.45, 2.75) is 51.7 Å². The summed E-state index contributed by atoms with van der Waals surface area (Å²) in [4.78, 5) is 28.8. The minimum absolute atomic E-state index is 0.0749. The van der Waals surface area contributed by atoms with E-state index in [1.165, 1.54) is 0 Å². The number of halogens is 1. The molecule has 0 radical (unpaired) electrons. The molecule has 0 aliphatic heterocycles. The van der Waals surface area contributed by atoms with Crippen LogP contribution in [0.1, 0.15) is 37.5 Å². The standard InChI is InChI=1S/C28H31BrN2O2/c1-28(2,3)30-27(33)25(18-21-10-6-4-7-11-21)31(20-23-14-16-24(29)17-15-23)26(32)19-22-12-8-5-9-13-22/h4-17,25H,18-20H2,1-3H3,(H,30,33). The van der Waals surface area contributed by atoms with E-state index in [0.717, 1.165) is 21.2 Å². The van der Waals surface area contributed by atoms with Crippen LogP contribution in [0.2, 0.25) is 0 Å². The number of nitrogens with zero attached hydrogens (tertiary/aromatic N) is 1. The molecule has 4 nitrogen and oxygen atoms in total. The van der Waals surface area contributed by atoms with Gasteiger partial charge in [-0.2, -0.15) is 0 Å². The summed E-state index contributed by atoms with van der Waals surface area (Å²) in [5, 5.41) is 3.09. The average molecular weight is 507 g/mol. The van der Waals surface area contributed by atoms with Gasteiger partial charge in [0.25, 0.3) is 0 Å². The molecule has 3 aromatic rings. The zero-order valence-electron chi connectivity index (χ0n) is 19.4. The van der Waals surface area contributed by atoms with Crippen LogP contribution in [-0.2, 0) is 29.0 Å². The smallest absolute Gasteiger partial charge is 0.243 e. The Kier molecular flexibility index (Phi) is 8.45. The number of nitrogens with one attached hydrogen (secondary N) is 1. The van der Waals surface area contributed by atoms with E-state index in [9.17, 15) is 9.59 Å². The molecule has 0 aliphatic rings. The van der Waals surface area contributed by atoms with Gasteiger partial charge in [0.1, 0.15) is 6.04 Å². The molecule has 3 aromatic carbocycles. The maximum atomic E-state index is 13.6. The first-order valence-corrected chi connectivity index (χ1v) is 11.9. The predicted octanol–water partition coefficient (Wildman–Crippen LogP) is 5.55. The molecule has 172 valence electrons. The number of carbonyl (C=O) groups excluding carboxylic acids is 2. The van der Waals surface area contributed by atoms with Crippen molar-refractivity contribution >= 4 is 27.7 Å². The first-order chi connectivity index (χ1) is 15.7. The number of rotatable bonds is 8. The summed E-state index contributed by atoms with van der Waals surface area (Å²) in [6, 6.07) is 26.8. The number of amides is 2. The summed E-state index contributed by atoms with van der Waals surface area (Å²) in [7, 11) is 0. The van der Waals surface area contributed by atoms with Crippen LogP contribution in [0.15, 0.2) is 89.4 Å². The molecule has 0 saturated carbocycles. The van der Waals surface area contributed by atoms with Crippen molar-refractivity contribution in [3.63, 3.8) is 0 Å². The van der Waals surface area contributed by atoms with Gasteiger partial charge in [-0.1, -0.05) is 88.7 Å². The zero-order valence-corrected chi connectivity index (χ0v) is 21.0. The molecular formula is C28H31BrN2O2. The van der Waals surface area contributed by atoms with Gasteiger partial charge in [-0.05, 0) is 49.6 Å². The van der Waals surface area contributed by atoms with E-state index in [4.69, 9.17) is 0 Å². The topological polar surface area (TPSA) is 49.4 Å². The summed E-state index contributed by atoms with van der Waals surface area (Å²) in [5.41, 5.74) is 2.51. The third-order valence-electron chi connectivity index (χ3n) is 5.23. The van der Waals surface area contributed by atoms with Gasteiger partial charge in [-0.15, -0.1) is 0 Å². The molecule has 1 N–H and O–H groups in total. The fourth-order valence-electron chi connectivity index (χ4n) is 3.67. The van der Waals surface area contributed by atoms with Gasteiger partial charge in [0.15, 0.2) is 0 Å². The number of hydrogen-bond donors (Lipinski definition) is 1. The Balaban J connectivity index is 1.97. The Morgan fingerprint density at radius 2 is 1.36 bits per heavy atom. The average Bonchev–Trinajstić information content (AvgIpc) is 2.77. The van der Waals surface area contributed by atoms with Crippen LogP contribution in [0.25, 0.3) is 0 Å². The zero-order chi connectivity index (χ0) is 23.8. The second kappa shape index (κ2) is 11.3. The minimum atomic E-state index is -0.633. The molecule has 1 unspecified atom stereocenters. The van der Waals surface area contributed by atoms with E-state index in [2.05, 4.69) is 21.2 Å². The van der Waals surface area contributed by atoms with Gasteiger partial charge < -0.3 is 10.2 Å². The van der Waals surface area contributed by atoms with Crippen LogP contribution < -0.4 is 5.32 Å². The lowest BCUT2D eigenvalue weighted by Crippen LogP contribution is -2.54. The monoisotopic (exact) mass is 506 g/mol. The number of carbonyl (C=O) groups is 2. The maximum Gasteiger partial charge on any atom is 0.243 e. The number of benzene rings is 3. The summed E-state index contributed by atoms with van der Waals surface area (Å²) in [6.07, 6.45) is 0.686. The van der Waals surface area contributed by atoms with Crippen LogP contribution >= 0.6 is 15.9 Å². The molecule has 0 aliphatic carbocycles. The fourth-order valence-corrected chi connectivity index (χ4v) is 3.93. The van der Waals surface area contributed by atoms with Crippen LogP contribution in [0.4, 0.5) is 0 Å². The molecular weight excluding hydrogens is 476 g/mol. The quantitative estimate of drug-likeness (QED) is 0.435. The largest absolute Gasteiger partial charge is 0.350 e. The molecule has 0 aromatic heterocycles. The molecule has 5 heteroatoms. The van der Waals surface area contributed by atoms with Crippen molar-refractivity contribution in [3.8, 4) is 0 Å². The SMILES string of the molecule is CC(C)(C)NC(=O)C(Cc1ccccc1)N(Cc1ccc(Br)cc1)C(=O)Cc1ccccc1. The molecule has 0 saturated heterocycles. The van der Waals surface area contributed by atoms with Crippen molar-refractivity contribution < 1.29 is 9.59 Å². The predicted molar refractivity (Wildman–Crippen MR) is 137 cm³/mol. The van der Waals surface area contributed by atoms with Gasteiger partial charge in [0, 0.05) is 23.0 Å². The molecule has 0 fully saturated rings. The van der Waals surface area contributed by atoms with Gasteiger partial charge in [-0.25, -0.2) is 0 Å². The van der Waals surface area contributed by atoms with Crippen LogP contribution in [0.3, 0.4) is 0 Å². The number of hydrogen-bond acceptors (Lipinski definition) is 2. The molecule has 0 bridgehead atoms. The van der Waals surface area contributed by atoms with Gasteiger partial charge in [-0.3, -0.25) is 9.59 Å². The van der Waals surface area contributed by atoms with Crippen LogP contribution in [-0.4, -0.2) is 28.3 Å². The third-order valence-corrected chi connectivity index (χ3v) is 5.76. The summed E-state index contributed by atoms with van der Waals surface area (Å²) in [6.45, 7) is 6.22. The van der Waals surface area contributed by atoms with Crippen molar-refractivity contribution in [1.82, 2.24) is 10.2 Å². The molecule has 1 atom stereocenters. The van der Waals surface area contributed by atoms with Crippen molar-refractivity contribution in [2.75, 3.05) is 0 Å². The molecule has 3 rings (SSSR count). The molecule has 33 heavy (non-hydrogen) atoms. The molecule has 0 heterocycles. The van der Waals surface area contributed by atoms with E-state index < -0.39 is 11.6 Å². The van der Waals surface area contributed by atoms with Gasteiger partial charge >= 0.3 is 0 Å². The minimum Gasteiger partial charge on any atom is -0.350 e. The highest BCUT2D eigenvalue weighted by molar-refractivity contribution is 9.10. The van der Waals surface area contributed by atoms with Gasteiger partial charge in [0.2, 0.25) is 11.8 Å². The maximum absolute atomic E-state index is 13.6. The highest BCUT2D eigenvalue weighted by atomic mass is 79.9. The second-order valence-electron chi connectivity index (χ2n) is 9.26. The first kappa shape index (κ1) is 24.7. The van der Waals surface area contributed by atoms with E-state index >= 15 is 0 Å². The highest BCUT2D eigenvalue weighted by Gasteiger charge is 2.32. The van der Waals surface area contributed by atoms with E-state index in [1.54, 1.807) is 4.90 Å². The Morgan fingerprint density at radius 3 is 1.91 bits per heavy atom. The Morgan fingerprint density at radius 1 is 0.818 bits per heavy atom. The lowest BCUT2D eigenvalue weighted by molar-refractivity contribution is -0.141.